The molecule has 1 aliphatic rings. The van der Waals surface area contributed by atoms with Gasteiger partial charge in [0.2, 0.25) is 0 Å². The van der Waals surface area contributed by atoms with Gasteiger partial charge in [0.15, 0.2) is 5.15 Å². The monoisotopic (exact) mass is 213 g/mol. The number of aromatic nitrogens is 2. The van der Waals surface area contributed by atoms with Crippen molar-refractivity contribution in [3.05, 3.63) is 23.2 Å². The zero-order valence-corrected chi connectivity index (χ0v) is 8.50. The minimum Gasteiger partial charge on any atom is -0.370 e. The summed E-state index contributed by atoms with van der Waals surface area (Å²) in [5.74, 6) is 0. The first kappa shape index (κ1) is 9.83. The van der Waals surface area contributed by atoms with Gasteiger partial charge in [0, 0.05) is 18.9 Å². The van der Waals surface area contributed by atoms with Crippen molar-refractivity contribution in [2.45, 2.75) is 19.1 Å². The molecule has 0 bridgehead atoms. The summed E-state index contributed by atoms with van der Waals surface area (Å²) in [7, 11) is 0. The molecule has 2 heterocycles. The van der Waals surface area contributed by atoms with Gasteiger partial charge in [-0.05, 0) is 13.0 Å². The van der Waals surface area contributed by atoms with E-state index >= 15 is 0 Å². The van der Waals surface area contributed by atoms with E-state index in [1.807, 2.05) is 0 Å². The van der Waals surface area contributed by atoms with Crippen LogP contribution in [0.1, 0.15) is 12.1 Å². The number of hydrogen-bond donors (Lipinski definition) is 1. The van der Waals surface area contributed by atoms with E-state index < -0.39 is 0 Å². The topological polar surface area (TPSA) is 47.0 Å². The Kier molecular flexibility index (Phi) is 3.29. The molecule has 1 saturated heterocycles. The highest BCUT2D eigenvalue weighted by molar-refractivity contribution is 6.29. The molecule has 1 aromatic rings. The summed E-state index contributed by atoms with van der Waals surface area (Å²) in [5.41, 5.74) is 0.709. The van der Waals surface area contributed by atoms with E-state index in [0.717, 1.165) is 19.5 Å². The minimum atomic E-state index is 0.285. The van der Waals surface area contributed by atoms with E-state index in [2.05, 4.69) is 15.3 Å². The van der Waals surface area contributed by atoms with Gasteiger partial charge in [0.05, 0.1) is 12.7 Å². The van der Waals surface area contributed by atoms with Crippen LogP contribution < -0.4 is 5.32 Å². The molecular weight excluding hydrogens is 202 g/mol. The molecule has 1 unspecified atom stereocenters. The lowest BCUT2D eigenvalue weighted by atomic mass is 10.3. The summed E-state index contributed by atoms with van der Waals surface area (Å²) in [6, 6.07) is 0. The second-order valence-electron chi connectivity index (χ2n) is 3.22. The molecule has 0 amide bonds. The van der Waals surface area contributed by atoms with Crippen LogP contribution in [0.4, 0.5) is 0 Å². The number of nitrogens with one attached hydrogen (secondary N) is 1. The van der Waals surface area contributed by atoms with Crippen molar-refractivity contribution in [2.24, 2.45) is 0 Å². The van der Waals surface area contributed by atoms with Gasteiger partial charge in [0.25, 0.3) is 0 Å². The third-order valence-electron chi connectivity index (χ3n) is 2.19. The van der Waals surface area contributed by atoms with E-state index in [1.165, 1.54) is 0 Å². The first-order valence-electron chi connectivity index (χ1n) is 4.64. The van der Waals surface area contributed by atoms with Crippen molar-refractivity contribution in [3.63, 3.8) is 0 Å². The summed E-state index contributed by atoms with van der Waals surface area (Å²) in [5, 5.41) is 3.66. The molecule has 0 aromatic carbocycles. The number of rotatable bonds is 3. The van der Waals surface area contributed by atoms with Crippen LogP contribution in [0.2, 0.25) is 5.15 Å². The van der Waals surface area contributed by atoms with E-state index in [9.17, 15) is 0 Å². The van der Waals surface area contributed by atoms with Crippen LogP contribution in [0.3, 0.4) is 0 Å². The summed E-state index contributed by atoms with van der Waals surface area (Å²) in [6.45, 7) is 2.38. The van der Waals surface area contributed by atoms with E-state index in [1.54, 1.807) is 12.4 Å². The van der Waals surface area contributed by atoms with Crippen LogP contribution in [-0.2, 0) is 11.3 Å². The lowest BCUT2D eigenvalue weighted by molar-refractivity contribution is 0.0521. The maximum atomic E-state index is 5.84. The molecule has 76 valence electrons. The van der Waals surface area contributed by atoms with Crippen LogP contribution in [0.25, 0.3) is 0 Å². The van der Waals surface area contributed by atoms with Crippen molar-refractivity contribution in [1.82, 2.24) is 15.3 Å². The first-order valence-corrected chi connectivity index (χ1v) is 5.02. The fraction of sp³-hybridized carbons (Fsp3) is 0.556. The van der Waals surface area contributed by atoms with Crippen LogP contribution in [-0.4, -0.2) is 29.2 Å². The van der Waals surface area contributed by atoms with Gasteiger partial charge in [0.1, 0.15) is 5.69 Å². The third kappa shape index (κ3) is 2.41. The fourth-order valence-corrected chi connectivity index (χ4v) is 1.57. The Morgan fingerprint density at radius 1 is 1.50 bits per heavy atom. The Labute approximate surface area is 87.7 Å². The smallest absolute Gasteiger partial charge is 0.152 e. The molecule has 1 aliphatic heterocycles. The van der Waals surface area contributed by atoms with Gasteiger partial charge in [-0.2, -0.15) is 0 Å². The Morgan fingerprint density at radius 3 is 3.07 bits per heavy atom. The molecular formula is C9H12ClN3O. The molecule has 2 rings (SSSR count). The fourth-order valence-electron chi connectivity index (χ4n) is 1.41. The Hall–Kier alpha value is -0.710. The van der Waals surface area contributed by atoms with Crippen molar-refractivity contribution < 1.29 is 4.74 Å². The van der Waals surface area contributed by atoms with Crippen molar-refractivity contribution in [3.8, 4) is 0 Å². The molecule has 1 aromatic heterocycles. The molecule has 0 aliphatic carbocycles. The van der Waals surface area contributed by atoms with Crippen LogP contribution in [0.5, 0.6) is 0 Å². The molecule has 1 atom stereocenters. The summed E-state index contributed by atoms with van der Waals surface area (Å²) in [4.78, 5) is 8.03. The van der Waals surface area contributed by atoms with Crippen LogP contribution in [0.15, 0.2) is 12.4 Å². The van der Waals surface area contributed by atoms with Gasteiger partial charge in [-0.1, -0.05) is 11.6 Å². The number of halogens is 1. The zero-order valence-electron chi connectivity index (χ0n) is 7.74. The molecule has 0 saturated carbocycles. The van der Waals surface area contributed by atoms with Gasteiger partial charge in [-0.25, -0.2) is 4.98 Å². The average molecular weight is 214 g/mol. The van der Waals surface area contributed by atoms with Crippen molar-refractivity contribution in [2.75, 3.05) is 13.1 Å². The highest BCUT2D eigenvalue weighted by Gasteiger charge is 2.15. The lowest BCUT2D eigenvalue weighted by Gasteiger charge is -2.09. The van der Waals surface area contributed by atoms with E-state index in [-0.39, 0.29) is 6.10 Å². The third-order valence-corrected chi connectivity index (χ3v) is 2.51. The SMILES string of the molecule is Clc1nccnc1COC1CCNC1. The van der Waals surface area contributed by atoms with Gasteiger partial charge >= 0.3 is 0 Å². The predicted octanol–water partition coefficient (Wildman–Crippen LogP) is 1.01. The maximum absolute atomic E-state index is 5.84. The lowest BCUT2D eigenvalue weighted by Crippen LogP contribution is -2.17. The molecule has 1 fully saturated rings. The standard InChI is InChI=1S/C9H12ClN3O/c10-9-8(12-3-4-13-9)6-14-7-1-2-11-5-7/h3-4,7,11H,1-2,5-6H2. The van der Waals surface area contributed by atoms with E-state index in [4.69, 9.17) is 16.3 Å². The summed E-state index contributed by atoms with van der Waals surface area (Å²) in [6.07, 6.45) is 4.53. The average Bonchev–Trinajstić information content (AvgIpc) is 2.69. The molecule has 0 spiro atoms. The number of ether oxygens (including phenoxy) is 1. The molecule has 14 heavy (non-hydrogen) atoms. The first-order chi connectivity index (χ1) is 6.86. The highest BCUT2D eigenvalue weighted by atomic mass is 35.5. The molecule has 5 heteroatoms. The summed E-state index contributed by atoms with van der Waals surface area (Å²) >= 11 is 5.84. The normalized spacial score (nSPS) is 21.4. The largest absolute Gasteiger partial charge is 0.370 e. The predicted molar refractivity (Wildman–Crippen MR) is 53.1 cm³/mol. The number of nitrogens with zero attached hydrogens (tertiary/aromatic N) is 2. The Bertz CT molecular complexity index is 302. The zero-order chi connectivity index (χ0) is 9.80. The molecule has 0 radical (unpaired) electrons. The second kappa shape index (κ2) is 4.68. The van der Waals surface area contributed by atoms with Crippen molar-refractivity contribution in [1.29, 1.82) is 0 Å². The minimum absolute atomic E-state index is 0.285. The van der Waals surface area contributed by atoms with Gasteiger partial charge < -0.3 is 10.1 Å². The van der Waals surface area contributed by atoms with Gasteiger partial charge in [-0.3, -0.25) is 4.98 Å². The number of hydrogen-bond acceptors (Lipinski definition) is 4. The highest BCUT2D eigenvalue weighted by Crippen LogP contribution is 2.12. The Balaban J connectivity index is 1.88. The molecule has 4 nitrogen and oxygen atoms in total. The summed E-state index contributed by atoms with van der Waals surface area (Å²) < 4.78 is 5.62. The quantitative estimate of drug-likeness (QED) is 0.814. The van der Waals surface area contributed by atoms with Gasteiger partial charge in [-0.15, -0.1) is 0 Å². The Morgan fingerprint density at radius 2 is 2.36 bits per heavy atom. The molecule has 1 N–H and O–H groups in total. The van der Waals surface area contributed by atoms with Crippen LogP contribution >= 0.6 is 11.6 Å². The van der Waals surface area contributed by atoms with E-state index in [0.29, 0.717) is 17.5 Å². The van der Waals surface area contributed by atoms with Crippen molar-refractivity contribution >= 4 is 11.6 Å². The maximum Gasteiger partial charge on any atom is 0.152 e. The van der Waals surface area contributed by atoms with Crippen LogP contribution in [0, 0.1) is 0 Å². The second-order valence-corrected chi connectivity index (χ2v) is 3.58.